The van der Waals surface area contributed by atoms with Crippen molar-refractivity contribution in [2.24, 2.45) is 0 Å². The topological polar surface area (TPSA) is 28.7 Å². The fourth-order valence-corrected chi connectivity index (χ4v) is 2.13. The van der Waals surface area contributed by atoms with Crippen LogP contribution in [0, 0.1) is 11.6 Å². The van der Waals surface area contributed by atoms with Gasteiger partial charge in [0.1, 0.15) is 10.5 Å². The molecule has 0 aliphatic rings. The summed E-state index contributed by atoms with van der Waals surface area (Å²) in [4.78, 5) is 7.69. The van der Waals surface area contributed by atoms with E-state index in [1.54, 1.807) is 0 Å². The summed E-state index contributed by atoms with van der Waals surface area (Å²) in [5.41, 5.74) is 3.22. The first-order valence-corrected chi connectivity index (χ1v) is 6.67. The highest BCUT2D eigenvalue weighted by molar-refractivity contribution is 9.10. The van der Waals surface area contributed by atoms with Crippen LogP contribution in [0.25, 0.3) is 11.3 Å². The standard InChI is InChI=1S/C13H13BrN2S/c1-3-11-15-12(8(2)13(17)16-11)9-4-6-10(14)7-5-9/h4-7H,3H2,1-2H3,(H,15,16,17). The van der Waals surface area contributed by atoms with Crippen molar-refractivity contribution in [2.75, 3.05) is 0 Å². The van der Waals surface area contributed by atoms with Crippen LogP contribution in [0.15, 0.2) is 28.7 Å². The van der Waals surface area contributed by atoms with E-state index in [1.165, 1.54) is 0 Å². The van der Waals surface area contributed by atoms with Crippen LogP contribution in [0.2, 0.25) is 0 Å². The number of nitrogens with one attached hydrogen (secondary N) is 1. The van der Waals surface area contributed by atoms with Crippen LogP contribution in [0.1, 0.15) is 18.3 Å². The van der Waals surface area contributed by atoms with Crippen molar-refractivity contribution in [3.8, 4) is 11.3 Å². The minimum Gasteiger partial charge on any atom is -0.343 e. The van der Waals surface area contributed by atoms with Gasteiger partial charge in [0.2, 0.25) is 0 Å². The summed E-state index contributed by atoms with van der Waals surface area (Å²) in [5, 5.41) is 0. The Bertz CT molecular complexity index is 587. The molecule has 4 heteroatoms. The van der Waals surface area contributed by atoms with E-state index < -0.39 is 0 Å². The molecule has 0 saturated heterocycles. The van der Waals surface area contributed by atoms with Crippen LogP contribution >= 0.6 is 28.1 Å². The van der Waals surface area contributed by atoms with Gasteiger partial charge in [-0.15, -0.1) is 0 Å². The number of hydrogen-bond acceptors (Lipinski definition) is 2. The van der Waals surface area contributed by atoms with Gasteiger partial charge >= 0.3 is 0 Å². The van der Waals surface area contributed by atoms with Crippen LogP contribution in [0.3, 0.4) is 0 Å². The number of nitrogens with zero attached hydrogens (tertiary/aromatic N) is 1. The number of aryl methyl sites for hydroxylation is 1. The molecule has 0 aliphatic heterocycles. The minimum absolute atomic E-state index is 0.679. The lowest BCUT2D eigenvalue weighted by atomic mass is 10.1. The number of benzene rings is 1. The lowest BCUT2D eigenvalue weighted by Gasteiger charge is -2.08. The molecule has 0 amide bonds. The summed E-state index contributed by atoms with van der Waals surface area (Å²) in [5.74, 6) is 0.929. The summed E-state index contributed by atoms with van der Waals surface area (Å²) in [6.45, 7) is 4.07. The highest BCUT2D eigenvalue weighted by atomic mass is 79.9. The monoisotopic (exact) mass is 308 g/mol. The van der Waals surface area contributed by atoms with Crippen molar-refractivity contribution in [1.82, 2.24) is 9.97 Å². The Hall–Kier alpha value is -1.00. The van der Waals surface area contributed by atoms with Gasteiger partial charge in [0.05, 0.1) is 5.69 Å². The second-order valence-corrected chi connectivity index (χ2v) is 5.15. The zero-order valence-electron chi connectivity index (χ0n) is 9.75. The van der Waals surface area contributed by atoms with Gasteiger partial charge in [-0.1, -0.05) is 47.2 Å². The molecule has 1 aromatic heterocycles. The smallest absolute Gasteiger partial charge is 0.133 e. The first kappa shape index (κ1) is 12.5. The van der Waals surface area contributed by atoms with E-state index in [2.05, 4.69) is 45.0 Å². The molecule has 0 bridgehead atoms. The number of hydrogen-bond donors (Lipinski definition) is 1. The van der Waals surface area contributed by atoms with E-state index in [-0.39, 0.29) is 0 Å². The largest absolute Gasteiger partial charge is 0.343 e. The van der Waals surface area contributed by atoms with Gasteiger partial charge in [-0.2, -0.15) is 0 Å². The van der Waals surface area contributed by atoms with Crippen molar-refractivity contribution >= 4 is 28.1 Å². The molecule has 1 aromatic carbocycles. The van der Waals surface area contributed by atoms with Crippen LogP contribution in [-0.2, 0) is 6.42 Å². The number of aromatic nitrogens is 2. The lowest BCUT2D eigenvalue weighted by Crippen LogP contribution is -1.99. The van der Waals surface area contributed by atoms with Crippen molar-refractivity contribution in [1.29, 1.82) is 0 Å². The maximum atomic E-state index is 5.28. The third-order valence-corrected chi connectivity index (χ3v) is 3.60. The highest BCUT2D eigenvalue weighted by Gasteiger charge is 2.06. The zero-order valence-corrected chi connectivity index (χ0v) is 12.2. The van der Waals surface area contributed by atoms with E-state index in [9.17, 15) is 0 Å². The van der Waals surface area contributed by atoms with Gasteiger partial charge in [0, 0.05) is 16.5 Å². The van der Waals surface area contributed by atoms with Crippen LogP contribution < -0.4 is 0 Å². The van der Waals surface area contributed by atoms with E-state index in [4.69, 9.17) is 12.2 Å². The molecule has 0 unspecified atom stereocenters. The fraction of sp³-hybridized carbons (Fsp3) is 0.231. The molecule has 2 rings (SSSR count). The van der Waals surface area contributed by atoms with Crippen molar-refractivity contribution in [3.63, 3.8) is 0 Å². The molecule has 1 heterocycles. The number of H-pyrrole nitrogens is 1. The number of rotatable bonds is 2. The maximum Gasteiger partial charge on any atom is 0.133 e. The van der Waals surface area contributed by atoms with Crippen molar-refractivity contribution in [3.05, 3.63) is 44.8 Å². The summed E-state index contributed by atoms with van der Waals surface area (Å²) < 4.78 is 1.75. The van der Waals surface area contributed by atoms with E-state index in [0.29, 0.717) is 4.64 Å². The average molecular weight is 309 g/mol. The molecule has 0 saturated carbocycles. The molecule has 0 aliphatic carbocycles. The van der Waals surface area contributed by atoms with Crippen LogP contribution in [0.5, 0.6) is 0 Å². The number of aromatic amines is 1. The zero-order chi connectivity index (χ0) is 12.4. The highest BCUT2D eigenvalue weighted by Crippen LogP contribution is 2.23. The summed E-state index contributed by atoms with van der Waals surface area (Å²) in [6.07, 6.45) is 0.855. The van der Waals surface area contributed by atoms with Crippen LogP contribution in [0.4, 0.5) is 0 Å². The minimum atomic E-state index is 0.679. The Morgan fingerprint density at radius 2 is 1.94 bits per heavy atom. The predicted molar refractivity (Wildman–Crippen MR) is 76.7 cm³/mol. The van der Waals surface area contributed by atoms with Gasteiger partial charge in [0.15, 0.2) is 0 Å². The molecule has 0 atom stereocenters. The molecule has 0 fully saturated rings. The van der Waals surface area contributed by atoms with Crippen LogP contribution in [-0.4, -0.2) is 9.97 Å². The molecule has 88 valence electrons. The normalized spacial score (nSPS) is 10.5. The predicted octanol–water partition coefficient (Wildman–Crippen LogP) is 4.44. The van der Waals surface area contributed by atoms with E-state index in [1.807, 2.05) is 19.1 Å². The first-order chi connectivity index (χ1) is 8.11. The molecule has 17 heavy (non-hydrogen) atoms. The molecular weight excluding hydrogens is 296 g/mol. The first-order valence-electron chi connectivity index (χ1n) is 5.47. The maximum absolute atomic E-state index is 5.28. The molecule has 2 aromatic rings. The van der Waals surface area contributed by atoms with Gasteiger partial charge in [-0.25, -0.2) is 4.98 Å². The third-order valence-electron chi connectivity index (χ3n) is 2.67. The molecular formula is C13H13BrN2S. The van der Waals surface area contributed by atoms with E-state index >= 15 is 0 Å². The molecule has 2 nitrogen and oxygen atoms in total. The Morgan fingerprint density at radius 1 is 1.29 bits per heavy atom. The fourth-order valence-electron chi connectivity index (χ4n) is 1.65. The third kappa shape index (κ3) is 2.64. The quantitative estimate of drug-likeness (QED) is 0.831. The van der Waals surface area contributed by atoms with Gasteiger partial charge < -0.3 is 4.98 Å². The Morgan fingerprint density at radius 3 is 2.53 bits per heavy atom. The summed E-state index contributed by atoms with van der Waals surface area (Å²) in [6, 6.07) is 8.18. The summed E-state index contributed by atoms with van der Waals surface area (Å²) in [7, 11) is 0. The molecule has 1 N–H and O–H groups in total. The van der Waals surface area contributed by atoms with E-state index in [0.717, 1.165) is 33.5 Å². The second-order valence-electron chi connectivity index (χ2n) is 3.85. The lowest BCUT2D eigenvalue weighted by molar-refractivity contribution is 0.926. The van der Waals surface area contributed by atoms with Gasteiger partial charge in [-0.05, 0) is 24.6 Å². The van der Waals surface area contributed by atoms with Crippen molar-refractivity contribution in [2.45, 2.75) is 20.3 Å². The Labute approximate surface area is 114 Å². The second kappa shape index (κ2) is 5.10. The molecule has 0 spiro atoms. The average Bonchev–Trinajstić information content (AvgIpc) is 2.34. The Balaban J connectivity index is 2.62. The van der Waals surface area contributed by atoms with Gasteiger partial charge in [-0.3, -0.25) is 0 Å². The molecule has 0 radical (unpaired) electrons. The number of halogens is 1. The van der Waals surface area contributed by atoms with Gasteiger partial charge in [0.25, 0.3) is 0 Å². The summed E-state index contributed by atoms with van der Waals surface area (Å²) >= 11 is 8.72. The SMILES string of the molecule is CCc1nc(=S)c(C)c(-c2ccc(Br)cc2)[nH]1. The Kier molecular flexibility index (Phi) is 3.74. The van der Waals surface area contributed by atoms with Crippen molar-refractivity contribution < 1.29 is 0 Å².